The Kier molecular flexibility index (Phi) is 4.25. The van der Waals surface area contributed by atoms with Crippen LogP contribution in [0, 0.1) is 0 Å². The van der Waals surface area contributed by atoms with Crippen LogP contribution in [-0.4, -0.2) is 42.0 Å². The molecule has 7 nitrogen and oxygen atoms in total. The van der Waals surface area contributed by atoms with Gasteiger partial charge in [-0.2, -0.15) is 0 Å². The van der Waals surface area contributed by atoms with E-state index >= 15 is 0 Å². The molecule has 2 N–H and O–H groups in total. The molecule has 1 aromatic rings. The molecule has 106 valence electrons. The largest absolute Gasteiger partial charge is 0.496 e. The number of ether oxygens (including phenoxy) is 3. The van der Waals surface area contributed by atoms with Gasteiger partial charge in [0.05, 0.1) is 27.0 Å². The van der Waals surface area contributed by atoms with Crippen molar-refractivity contribution < 1.29 is 27.4 Å². The average Bonchev–Trinajstić information content (AvgIpc) is 2.35. The topological polar surface area (TPSA) is 105 Å². The molecule has 0 aromatic heterocycles. The quantitative estimate of drug-likeness (QED) is 0.634. The number of anilines is 1. The van der Waals surface area contributed by atoms with E-state index in [0.29, 0.717) is 0 Å². The highest BCUT2D eigenvalue weighted by Crippen LogP contribution is 2.39. The molecule has 0 saturated heterocycles. The minimum Gasteiger partial charge on any atom is -0.496 e. The maximum Gasteiger partial charge on any atom is 0.343 e. The number of hydrogen-bond acceptors (Lipinski definition) is 7. The van der Waals surface area contributed by atoms with E-state index in [9.17, 15) is 13.2 Å². The minimum absolute atomic E-state index is 0.00516. The Hall–Kier alpha value is -1.96. The van der Waals surface area contributed by atoms with Crippen LogP contribution < -0.4 is 15.2 Å². The highest BCUT2D eigenvalue weighted by Gasteiger charge is 2.27. The number of esters is 1. The normalized spacial score (nSPS) is 10.9. The van der Waals surface area contributed by atoms with Gasteiger partial charge in [-0.15, -0.1) is 0 Å². The average molecular weight is 289 g/mol. The first-order chi connectivity index (χ1) is 8.77. The van der Waals surface area contributed by atoms with Gasteiger partial charge in [-0.1, -0.05) is 0 Å². The summed E-state index contributed by atoms with van der Waals surface area (Å²) in [6.45, 7) is 0. The SMILES string of the molecule is COC(=O)c1c(OC)cc(S(C)(=O)=O)c(OC)c1N. The lowest BCUT2D eigenvalue weighted by Crippen LogP contribution is -2.12. The van der Waals surface area contributed by atoms with Gasteiger partial charge in [0.2, 0.25) is 0 Å². The van der Waals surface area contributed by atoms with Crippen LogP contribution in [0.25, 0.3) is 0 Å². The van der Waals surface area contributed by atoms with Crippen LogP contribution in [0.4, 0.5) is 5.69 Å². The summed E-state index contributed by atoms with van der Waals surface area (Å²) in [7, 11) is 0.141. The molecular weight excluding hydrogens is 274 g/mol. The van der Waals surface area contributed by atoms with Gasteiger partial charge in [-0.05, 0) is 0 Å². The van der Waals surface area contributed by atoms with Crippen molar-refractivity contribution in [2.45, 2.75) is 4.90 Å². The summed E-state index contributed by atoms with van der Waals surface area (Å²) in [6.07, 6.45) is 1.00. The number of carbonyl (C=O) groups is 1. The molecule has 0 aliphatic heterocycles. The first kappa shape index (κ1) is 15.1. The van der Waals surface area contributed by atoms with E-state index in [-0.39, 0.29) is 27.6 Å². The zero-order valence-electron chi connectivity index (χ0n) is 11.0. The Morgan fingerprint density at radius 2 is 1.79 bits per heavy atom. The molecule has 0 bridgehead atoms. The van der Waals surface area contributed by atoms with Crippen LogP contribution in [0.5, 0.6) is 11.5 Å². The van der Waals surface area contributed by atoms with Crippen LogP contribution in [0.1, 0.15) is 10.4 Å². The van der Waals surface area contributed by atoms with Crippen molar-refractivity contribution in [3.63, 3.8) is 0 Å². The molecule has 0 amide bonds. The Labute approximate surface area is 111 Å². The van der Waals surface area contributed by atoms with Crippen LogP contribution in [-0.2, 0) is 14.6 Å². The first-order valence-corrected chi connectivity index (χ1v) is 6.99. The fourth-order valence-electron chi connectivity index (χ4n) is 1.60. The molecule has 1 aromatic carbocycles. The Balaban J connectivity index is 3.77. The van der Waals surface area contributed by atoms with E-state index in [1.807, 2.05) is 0 Å². The molecule has 0 spiro atoms. The highest BCUT2D eigenvalue weighted by molar-refractivity contribution is 7.90. The van der Waals surface area contributed by atoms with Gasteiger partial charge in [0.25, 0.3) is 0 Å². The molecular formula is C11H15NO6S. The second-order valence-corrected chi connectivity index (χ2v) is 5.65. The lowest BCUT2D eigenvalue weighted by atomic mass is 10.1. The molecule has 0 saturated carbocycles. The molecule has 1 rings (SSSR count). The minimum atomic E-state index is -3.59. The van der Waals surface area contributed by atoms with Crippen molar-refractivity contribution in [1.29, 1.82) is 0 Å². The van der Waals surface area contributed by atoms with Crippen molar-refractivity contribution in [2.75, 3.05) is 33.3 Å². The maximum absolute atomic E-state index is 11.7. The van der Waals surface area contributed by atoms with Crippen LogP contribution in [0.2, 0.25) is 0 Å². The molecule has 0 fully saturated rings. The van der Waals surface area contributed by atoms with Crippen molar-refractivity contribution >= 4 is 21.5 Å². The molecule has 0 heterocycles. The van der Waals surface area contributed by atoms with Crippen LogP contribution in [0.15, 0.2) is 11.0 Å². The second-order valence-electron chi connectivity index (χ2n) is 3.66. The smallest absolute Gasteiger partial charge is 0.343 e. The van der Waals surface area contributed by atoms with Gasteiger partial charge in [0.15, 0.2) is 15.6 Å². The number of rotatable bonds is 4. The number of nitrogens with two attached hydrogens (primary N) is 1. The molecule has 19 heavy (non-hydrogen) atoms. The standard InChI is InChI=1S/C11H15NO6S/c1-16-6-5-7(19(4,14)15)10(17-2)9(12)8(6)11(13)18-3/h5H,12H2,1-4H3. The third-order valence-electron chi connectivity index (χ3n) is 2.46. The number of methoxy groups -OCH3 is 3. The first-order valence-electron chi connectivity index (χ1n) is 5.10. The predicted molar refractivity (Wildman–Crippen MR) is 68.4 cm³/mol. The highest BCUT2D eigenvalue weighted by atomic mass is 32.2. The van der Waals surface area contributed by atoms with Crippen molar-refractivity contribution in [3.05, 3.63) is 11.6 Å². The van der Waals surface area contributed by atoms with E-state index in [4.69, 9.17) is 15.2 Å². The van der Waals surface area contributed by atoms with Gasteiger partial charge >= 0.3 is 5.97 Å². The van der Waals surface area contributed by atoms with E-state index in [1.54, 1.807) is 0 Å². The third-order valence-corrected chi connectivity index (χ3v) is 3.56. The molecule has 8 heteroatoms. The molecule has 0 atom stereocenters. The van der Waals surface area contributed by atoms with Gasteiger partial charge in [-0.25, -0.2) is 13.2 Å². The van der Waals surface area contributed by atoms with Crippen molar-refractivity contribution in [3.8, 4) is 11.5 Å². The summed E-state index contributed by atoms with van der Waals surface area (Å²) in [6, 6.07) is 1.18. The molecule has 0 aliphatic carbocycles. The van der Waals surface area contributed by atoms with Gasteiger partial charge in [0, 0.05) is 12.3 Å². The summed E-state index contributed by atoms with van der Waals surface area (Å²) >= 11 is 0. The van der Waals surface area contributed by atoms with Crippen molar-refractivity contribution in [1.82, 2.24) is 0 Å². The van der Waals surface area contributed by atoms with Gasteiger partial charge in [-0.3, -0.25) is 0 Å². The Morgan fingerprint density at radius 3 is 2.16 bits per heavy atom. The fourth-order valence-corrected chi connectivity index (χ4v) is 2.45. The van der Waals surface area contributed by atoms with E-state index in [1.165, 1.54) is 27.4 Å². The van der Waals surface area contributed by atoms with Gasteiger partial charge in [0.1, 0.15) is 16.2 Å². The fraction of sp³-hybridized carbons (Fsp3) is 0.364. The maximum atomic E-state index is 11.7. The summed E-state index contributed by atoms with van der Waals surface area (Å²) in [4.78, 5) is 11.5. The number of sulfone groups is 1. The number of nitrogen functional groups attached to an aromatic ring is 1. The zero-order chi connectivity index (χ0) is 14.8. The van der Waals surface area contributed by atoms with Crippen LogP contribution >= 0.6 is 0 Å². The summed E-state index contributed by atoms with van der Waals surface area (Å²) in [5.74, 6) is -0.845. The lowest BCUT2D eigenvalue weighted by molar-refractivity contribution is 0.0598. The van der Waals surface area contributed by atoms with Gasteiger partial charge < -0.3 is 19.9 Å². The summed E-state index contributed by atoms with van der Waals surface area (Å²) in [5.41, 5.74) is 5.55. The van der Waals surface area contributed by atoms with E-state index in [2.05, 4.69) is 4.74 Å². The molecule has 0 radical (unpaired) electrons. The molecule has 0 aliphatic rings. The number of benzene rings is 1. The lowest BCUT2D eigenvalue weighted by Gasteiger charge is -2.16. The summed E-state index contributed by atoms with van der Waals surface area (Å²) in [5, 5.41) is 0. The summed E-state index contributed by atoms with van der Waals surface area (Å²) < 4.78 is 37.9. The predicted octanol–water partition coefficient (Wildman–Crippen LogP) is 0.476. The Bertz CT molecular complexity index is 608. The second kappa shape index (κ2) is 5.35. The zero-order valence-corrected chi connectivity index (χ0v) is 11.8. The number of hydrogen-bond donors (Lipinski definition) is 1. The Morgan fingerprint density at radius 1 is 1.21 bits per heavy atom. The monoisotopic (exact) mass is 289 g/mol. The molecule has 0 unspecified atom stereocenters. The van der Waals surface area contributed by atoms with E-state index in [0.717, 1.165) is 6.26 Å². The van der Waals surface area contributed by atoms with E-state index < -0.39 is 15.8 Å². The number of carbonyl (C=O) groups excluding carboxylic acids is 1. The van der Waals surface area contributed by atoms with Crippen LogP contribution in [0.3, 0.4) is 0 Å². The third kappa shape index (κ3) is 2.73. The van der Waals surface area contributed by atoms with Crippen molar-refractivity contribution in [2.24, 2.45) is 0 Å².